The summed E-state index contributed by atoms with van der Waals surface area (Å²) >= 11 is 0. The number of hydrogen-bond donors (Lipinski definition) is 0. The lowest BCUT2D eigenvalue weighted by molar-refractivity contribution is -0.578. The van der Waals surface area contributed by atoms with Crippen LogP contribution < -0.4 is 0 Å². The van der Waals surface area contributed by atoms with Gasteiger partial charge in [-0.05, 0) is 62.6 Å². The normalized spacial score (nSPS) is 40.9. The van der Waals surface area contributed by atoms with Gasteiger partial charge in [0.05, 0.1) is 11.5 Å². The molecule has 0 amide bonds. The minimum Gasteiger partial charge on any atom is -0.464 e. The Morgan fingerprint density at radius 2 is 1.91 bits per heavy atom. The summed E-state index contributed by atoms with van der Waals surface area (Å²) in [6.45, 7) is 8.02. The van der Waals surface area contributed by atoms with Crippen molar-refractivity contribution in [3.8, 4) is 0 Å². The van der Waals surface area contributed by atoms with Gasteiger partial charge in [0.2, 0.25) is 5.79 Å². The standard InChI is InChI=1S/C25H33NO9/c1-5-30-21(27)20(16-7-9-17(10-8-16)26(28)29)31-22-15(3)19-11-6-14(2)18-12-13-24(4)33-23(32-22)25(18,19)35-34-24/h7-10,14-15,18-20,22-23H,5-6,11-13H2,1-4H3/t14-,15-,18+,19+,20?,22?,23-,24-,25-/m1/s1. The lowest BCUT2D eigenvalue weighted by atomic mass is 9.58. The molecule has 1 saturated carbocycles. The number of nitrogens with zero attached hydrogens (tertiary/aromatic N) is 1. The zero-order valence-corrected chi connectivity index (χ0v) is 20.5. The van der Waals surface area contributed by atoms with Gasteiger partial charge in [-0.15, -0.1) is 0 Å². The smallest absolute Gasteiger partial charge is 0.340 e. The third-order valence-electron chi connectivity index (χ3n) is 8.27. The van der Waals surface area contributed by atoms with Crippen molar-refractivity contribution < 1.29 is 38.4 Å². The van der Waals surface area contributed by atoms with E-state index in [1.54, 1.807) is 6.92 Å². The minimum absolute atomic E-state index is 0.0369. The van der Waals surface area contributed by atoms with Crippen LogP contribution in [-0.2, 0) is 33.5 Å². The topological polar surface area (TPSA) is 116 Å². The molecule has 35 heavy (non-hydrogen) atoms. The van der Waals surface area contributed by atoms with E-state index in [-0.39, 0.29) is 30.0 Å². The number of rotatable bonds is 6. The van der Waals surface area contributed by atoms with Crippen LogP contribution in [0.25, 0.3) is 0 Å². The lowest BCUT2D eigenvalue weighted by Crippen LogP contribution is -2.70. The van der Waals surface area contributed by atoms with Crippen molar-refractivity contribution in [1.82, 2.24) is 0 Å². The highest BCUT2D eigenvalue weighted by molar-refractivity contribution is 5.76. The first-order valence-electron chi connectivity index (χ1n) is 12.4. The third kappa shape index (κ3) is 4.05. The first-order valence-corrected chi connectivity index (χ1v) is 12.4. The van der Waals surface area contributed by atoms with Gasteiger partial charge in [0.25, 0.3) is 5.69 Å². The maximum absolute atomic E-state index is 12.9. The Kier molecular flexibility index (Phi) is 6.38. The number of carbonyl (C=O) groups is 1. The molecule has 5 fully saturated rings. The molecule has 192 valence electrons. The van der Waals surface area contributed by atoms with Gasteiger partial charge in [-0.3, -0.25) is 10.1 Å². The summed E-state index contributed by atoms with van der Waals surface area (Å²) in [4.78, 5) is 35.5. The van der Waals surface area contributed by atoms with E-state index >= 15 is 0 Å². The molecule has 2 bridgehead atoms. The summed E-state index contributed by atoms with van der Waals surface area (Å²) in [5, 5.41) is 11.1. The van der Waals surface area contributed by atoms with E-state index in [0.717, 1.165) is 19.3 Å². The molecule has 1 aromatic rings. The van der Waals surface area contributed by atoms with Gasteiger partial charge in [-0.25, -0.2) is 14.6 Å². The molecular formula is C25H33NO9. The number of nitro benzene ring substituents is 1. The van der Waals surface area contributed by atoms with Crippen LogP contribution in [0, 0.1) is 33.8 Å². The van der Waals surface area contributed by atoms with E-state index in [2.05, 4.69) is 6.92 Å². The average molecular weight is 492 g/mol. The van der Waals surface area contributed by atoms with Crippen LogP contribution in [0.1, 0.15) is 65.0 Å². The predicted octanol–water partition coefficient (Wildman–Crippen LogP) is 4.42. The fraction of sp³-hybridized carbons (Fsp3) is 0.720. The van der Waals surface area contributed by atoms with E-state index in [0.29, 0.717) is 17.9 Å². The second kappa shape index (κ2) is 9.08. The molecular weight excluding hydrogens is 458 g/mol. The highest BCUT2D eigenvalue weighted by Gasteiger charge is 2.69. The third-order valence-corrected chi connectivity index (χ3v) is 8.27. The number of non-ortho nitro benzene ring substituents is 1. The molecule has 0 radical (unpaired) electrons. The zero-order valence-electron chi connectivity index (χ0n) is 20.5. The molecule has 4 aliphatic heterocycles. The van der Waals surface area contributed by atoms with Crippen molar-refractivity contribution in [3.05, 3.63) is 39.9 Å². The number of nitro groups is 1. The van der Waals surface area contributed by atoms with Crippen LogP contribution in [0.15, 0.2) is 24.3 Å². The van der Waals surface area contributed by atoms with E-state index in [1.165, 1.54) is 24.3 Å². The van der Waals surface area contributed by atoms with Gasteiger partial charge in [0.15, 0.2) is 24.3 Å². The molecule has 1 aliphatic carbocycles. The highest BCUT2D eigenvalue weighted by Crippen LogP contribution is 2.60. The van der Waals surface area contributed by atoms with Crippen LogP contribution in [0.3, 0.4) is 0 Å². The first-order chi connectivity index (χ1) is 16.7. The van der Waals surface area contributed by atoms with E-state index in [9.17, 15) is 14.9 Å². The quantitative estimate of drug-likeness (QED) is 0.247. The number of ether oxygens (including phenoxy) is 4. The number of carbonyl (C=O) groups excluding carboxylic acids is 1. The maximum atomic E-state index is 12.9. The van der Waals surface area contributed by atoms with Gasteiger partial charge in [-0.1, -0.05) is 13.8 Å². The van der Waals surface area contributed by atoms with Crippen molar-refractivity contribution in [1.29, 1.82) is 0 Å². The SMILES string of the molecule is CCOC(=O)C(OC1O[C@@H]2O[C@@]3(C)CC[C@H]4[C@H](C)CC[C@@H]([C@H]1C)[C@@]24OO3)c1ccc([N+](=O)[O-])cc1. The molecule has 9 atom stereocenters. The first kappa shape index (κ1) is 24.6. The van der Waals surface area contributed by atoms with Gasteiger partial charge >= 0.3 is 5.97 Å². The van der Waals surface area contributed by atoms with Crippen molar-refractivity contribution in [2.75, 3.05) is 6.61 Å². The molecule has 2 unspecified atom stereocenters. The molecule has 1 aromatic carbocycles. The van der Waals surface area contributed by atoms with Crippen LogP contribution in [-0.4, -0.2) is 41.5 Å². The van der Waals surface area contributed by atoms with E-state index in [1.807, 2.05) is 13.8 Å². The molecule has 10 nitrogen and oxygen atoms in total. The molecule has 5 aliphatic rings. The van der Waals surface area contributed by atoms with Crippen LogP contribution in [0.2, 0.25) is 0 Å². The number of fused-ring (bicyclic) bond motifs is 2. The van der Waals surface area contributed by atoms with Crippen LogP contribution in [0.5, 0.6) is 0 Å². The Balaban J connectivity index is 1.45. The Bertz CT molecular complexity index is 970. The van der Waals surface area contributed by atoms with Gasteiger partial charge in [0, 0.05) is 30.4 Å². The molecule has 0 N–H and O–H groups in total. The number of benzene rings is 1. The predicted molar refractivity (Wildman–Crippen MR) is 120 cm³/mol. The van der Waals surface area contributed by atoms with Crippen molar-refractivity contribution in [2.24, 2.45) is 23.7 Å². The van der Waals surface area contributed by atoms with Crippen LogP contribution in [0.4, 0.5) is 5.69 Å². The Labute approximate surface area is 204 Å². The number of esters is 1. The maximum Gasteiger partial charge on any atom is 0.340 e. The molecule has 4 saturated heterocycles. The summed E-state index contributed by atoms with van der Waals surface area (Å²) in [7, 11) is 0. The summed E-state index contributed by atoms with van der Waals surface area (Å²) in [6.07, 6.45) is 0.966. The largest absolute Gasteiger partial charge is 0.464 e. The fourth-order valence-corrected chi connectivity index (χ4v) is 6.42. The highest BCUT2D eigenvalue weighted by atomic mass is 17.3. The monoisotopic (exact) mass is 491 g/mol. The summed E-state index contributed by atoms with van der Waals surface area (Å²) in [5.74, 6) is -0.943. The molecule has 10 heteroatoms. The van der Waals surface area contributed by atoms with E-state index in [4.69, 9.17) is 28.7 Å². The number of hydrogen-bond acceptors (Lipinski definition) is 9. The molecule has 1 spiro atoms. The van der Waals surface area contributed by atoms with Crippen molar-refractivity contribution >= 4 is 11.7 Å². The summed E-state index contributed by atoms with van der Waals surface area (Å²) < 4.78 is 24.4. The van der Waals surface area contributed by atoms with Crippen LogP contribution >= 0.6 is 0 Å². The fourth-order valence-electron chi connectivity index (χ4n) is 6.42. The van der Waals surface area contributed by atoms with Crippen molar-refractivity contribution in [2.45, 2.75) is 83.5 Å². The zero-order chi connectivity index (χ0) is 25.0. The Morgan fingerprint density at radius 1 is 1.17 bits per heavy atom. The molecule has 6 rings (SSSR count). The molecule has 4 heterocycles. The van der Waals surface area contributed by atoms with Crippen molar-refractivity contribution in [3.63, 3.8) is 0 Å². The average Bonchev–Trinajstić information content (AvgIpc) is 3.06. The summed E-state index contributed by atoms with van der Waals surface area (Å²) in [5.41, 5.74) is -0.355. The lowest BCUT2D eigenvalue weighted by Gasteiger charge is -2.60. The van der Waals surface area contributed by atoms with Gasteiger partial charge in [-0.2, -0.15) is 0 Å². The second-order valence-electron chi connectivity index (χ2n) is 10.4. The Morgan fingerprint density at radius 3 is 2.60 bits per heavy atom. The summed E-state index contributed by atoms with van der Waals surface area (Å²) in [6, 6.07) is 5.71. The second-order valence-corrected chi connectivity index (χ2v) is 10.4. The minimum atomic E-state index is -1.11. The van der Waals surface area contributed by atoms with E-state index < -0.39 is 41.0 Å². The van der Waals surface area contributed by atoms with Gasteiger partial charge < -0.3 is 18.9 Å². The Hall–Kier alpha value is -2.11. The van der Waals surface area contributed by atoms with Gasteiger partial charge in [0.1, 0.15) is 0 Å². The molecule has 0 aromatic heterocycles.